The highest BCUT2D eigenvalue weighted by Crippen LogP contribution is 2.38. The molecule has 0 saturated carbocycles. The van der Waals surface area contributed by atoms with Crippen molar-refractivity contribution in [1.82, 2.24) is 10.3 Å². The zero-order valence-electron chi connectivity index (χ0n) is 11.6. The number of imide groups is 1. The highest BCUT2D eigenvalue weighted by atomic mass is 35.5. The Morgan fingerprint density at radius 2 is 2.14 bits per heavy atom. The summed E-state index contributed by atoms with van der Waals surface area (Å²) < 4.78 is 0. The number of benzene rings is 1. The Balaban J connectivity index is 2.16. The summed E-state index contributed by atoms with van der Waals surface area (Å²) in [4.78, 5) is 28.2. The summed E-state index contributed by atoms with van der Waals surface area (Å²) in [5, 5.41) is 3.89. The molecule has 0 bridgehead atoms. The molecular formula is C16H15ClN2O2. The summed E-state index contributed by atoms with van der Waals surface area (Å²) in [6, 6.07) is 7.43. The van der Waals surface area contributed by atoms with E-state index in [0.717, 1.165) is 16.5 Å². The first-order valence-electron chi connectivity index (χ1n) is 6.98. The van der Waals surface area contributed by atoms with Crippen molar-refractivity contribution in [3.63, 3.8) is 0 Å². The van der Waals surface area contributed by atoms with Gasteiger partial charge < -0.3 is 0 Å². The molecule has 1 aromatic carbocycles. The van der Waals surface area contributed by atoms with Gasteiger partial charge in [0.1, 0.15) is 0 Å². The normalized spacial score (nSPS) is 22.4. The average molecular weight is 303 g/mol. The number of piperidine rings is 1. The van der Waals surface area contributed by atoms with E-state index in [2.05, 4.69) is 10.3 Å². The van der Waals surface area contributed by atoms with Crippen LogP contribution in [-0.4, -0.2) is 16.8 Å². The number of hydrogen-bond acceptors (Lipinski definition) is 3. The van der Waals surface area contributed by atoms with E-state index in [1.165, 1.54) is 0 Å². The average Bonchev–Trinajstić information content (AvgIpc) is 2.47. The fraction of sp³-hybridized carbons (Fsp3) is 0.312. The van der Waals surface area contributed by atoms with Crippen LogP contribution in [0.3, 0.4) is 0 Å². The van der Waals surface area contributed by atoms with Gasteiger partial charge in [-0.1, -0.05) is 24.6 Å². The number of halogens is 1. The van der Waals surface area contributed by atoms with E-state index in [1.54, 1.807) is 6.20 Å². The van der Waals surface area contributed by atoms with Crippen molar-refractivity contribution in [1.29, 1.82) is 0 Å². The van der Waals surface area contributed by atoms with Gasteiger partial charge in [-0.2, -0.15) is 0 Å². The Kier molecular flexibility index (Phi) is 3.64. The number of hydrogen-bond donors (Lipinski definition) is 1. The number of carbonyl (C=O) groups is 2. The van der Waals surface area contributed by atoms with Crippen LogP contribution in [0.5, 0.6) is 0 Å². The first-order valence-corrected chi connectivity index (χ1v) is 7.36. The van der Waals surface area contributed by atoms with E-state index in [1.807, 2.05) is 31.2 Å². The topological polar surface area (TPSA) is 59.1 Å². The van der Waals surface area contributed by atoms with E-state index in [9.17, 15) is 9.59 Å². The molecule has 2 aromatic rings. The van der Waals surface area contributed by atoms with Crippen LogP contribution in [0.2, 0.25) is 5.02 Å². The summed E-state index contributed by atoms with van der Waals surface area (Å²) in [5.74, 6) is -0.786. The van der Waals surface area contributed by atoms with Crippen LogP contribution in [0, 0.1) is 5.92 Å². The van der Waals surface area contributed by atoms with Gasteiger partial charge in [0.2, 0.25) is 11.8 Å². The first-order chi connectivity index (χ1) is 10.1. The molecule has 3 rings (SSSR count). The lowest BCUT2D eigenvalue weighted by molar-refractivity contribution is -0.137. The van der Waals surface area contributed by atoms with Crippen molar-refractivity contribution in [2.75, 3.05) is 0 Å². The minimum Gasteiger partial charge on any atom is -0.296 e. The van der Waals surface area contributed by atoms with E-state index >= 15 is 0 Å². The minimum atomic E-state index is -0.228. The molecule has 21 heavy (non-hydrogen) atoms. The number of carbonyl (C=O) groups excluding carboxylic acids is 2. The second-order valence-electron chi connectivity index (χ2n) is 5.27. The number of amides is 2. The van der Waals surface area contributed by atoms with Gasteiger partial charge in [0.15, 0.2) is 0 Å². The van der Waals surface area contributed by atoms with Crippen molar-refractivity contribution in [2.24, 2.45) is 5.92 Å². The van der Waals surface area contributed by atoms with Gasteiger partial charge >= 0.3 is 0 Å². The molecule has 0 spiro atoms. The standard InChI is InChI=1S/C16H15ClN2O2/c1-2-9-12(8-14(20)19-16(9)21)10-5-6-13(17)11-4-3-7-18-15(10)11/h3-7,9,12H,2,8H2,1H3,(H,19,20,21). The molecule has 1 saturated heterocycles. The molecule has 5 heteroatoms. The van der Waals surface area contributed by atoms with Crippen molar-refractivity contribution in [3.05, 3.63) is 41.0 Å². The summed E-state index contributed by atoms with van der Waals surface area (Å²) in [7, 11) is 0. The van der Waals surface area contributed by atoms with Gasteiger partial charge in [-0.25, -0.2) is 0 Å². The second kappa shape index (κ2) is 5.45. The molecule has 0 radical (unpaired) electrons. The zero-order valence-corrected chi connectivity index (χ0v) is 12.4. The largest absolute Gasteiger partial charge is 0.296 e. The molecule has 0 aliphatic carbocycles. The molecule has 1 aromatic heterocycles. The molecule has 2 heterocycles. The Bertz CT molecular complexity index is 729. The predicted octanol–water partition coefficient (Wildman–Crippen LogP) is 3.04. The maximum absolute atomic E-state index is 12.0. The monoisotopic (exact) mass is 302 g/mol. The van der Waals surface area contributed by atoms with E-state index in [-0.39, 0.29) is 23.7 Å². The number of nitrogens with zero attached hydrogens (tertiary/aromatic N) is 1. The Morgan fingerprint density at radius 1 is 1.33 bits per heavy atom. The van der Waals surface area contributed by atoms with Crippen LogP contribution < -0.4 is 5.32 Å². The maximum Gasteiger partial charge on any atom is 0.230 e. The summed E-state index contributed by atoms with van der Waals surface area (Å²) >= 11 is 6.21. The molecule has 1 N–H and O–H groups in total. The van der Waals surface area contributed by atoms with Crippen LogP contribution in [0.15, 0.2) is 30.5 Å². The third kappa shape index (κ3) is 2.40. The van der Waals surface area contributed by atoms with Gasteiger partial charge in [-0.05, 0) is 30.2 Å². The second-order valence-corrected chi connectivity index (χ2v) is 5.68. The number of nitrogens with one attached hydrogen (secondary N) is 1. The summed E-state index contributed by atoms with van der Waals surface area (Å²) in [5.41, 5.74) is 1.70. The van der Waals surface area contributed by atoms with Crippen LogP contribution in [-0.2, 0) is 9.59 Å². The van der Waals surface area contributed by atoms with Gasteiger partial charge in [-0.3, -0.25) is 19.9 Å². The fourth-order valence-electron chi connectivity index (χ4n) is 3.06. The molecular weight excluding hydrogens is 288 g/mol. The lowest BCUT2D eigenvalue weighted by atomic mass is 9.78. The molecule has 2 amide bonds. The van der Waals surface area contributed by atoms with E-state index in [0.29, 0.717) is 17.9 Å². The number of rotatable bonds is 2. The SMILES string of the molecule is CCC1C(=O)NC(=O)CC1c1ccc(Cl)c2cccnc12. The smallest absolute Gasteiger partial charge is 0.230 e. The molecule has 1 aliphatic rings. The third-order valence-electron chi connectivity index (χ3n) is 4.08. The van der Waals surface area contributed by atoms with Crippen molar-refractivity contribution in [3.8, 4) is 0 Å². The quantitative estimate of drug-likeness (QED) is 0.867. The lowest BCUT2D eigenvalue weighted by Gasteiger charge is -2.30. The molecule has 1 aliphatic heterocycles. The van der Waals surface area contributed by atoms with Crippen LogP contribution >= 0.6 is 11.6 Å². The third-order valence-corrected chi connectivity index (χ3v) is 4.41. The molecule has 1 fully saturated rings. The van der Waals surface area contributed by atoms with Crippen molar-refractivity contribution in [2.45, 2.75) is 25.7 Å². The predicted molar refractivity (Wildman–Crippen MR) is 81.0 cm³/mol. The Morgan fingerprint density at radius 3 is 2.90 bits per heavy atom. The molecule has 2 unspecified atom stereocenters. The van der Waals surface area contributed by atoms with Crippen LogP contribution in [0.25, 0.3) is 10.9 Å². The van der Waals surface area contributed by atoms with Crippen molar-refractivity contribution < 1.29 is 9.59 Å². The van der Waals surface area contributed by atoms with Gasteiger partial charge in [0.25, 0.3) is 0 Å². The van der Waals surface area contributed by atoms with E-state index in [4.69, 9.17) is 11.6 Å². The Labute approximate surface area is 127 Å². The van der Waals surface area contributed by atoms with Crippen LogP contribution in [0.1, 0.15) is 31.2 Å². The van der Waals surface area contributed by atoms with Gasteiger partial charge in [-0.15, -0.1) is 0 Å². The Hall–Kier alpha value is -1.94. The van der Waals surface area contributed by atoms with Gasteiger partial charge in [0.05, 0.1) is 5.52 Å². The number of aromatic nitrogens is 1. The highest BCUT2D eigenvalue weighted by molar-refractivity contribution is 6.35. The lowest BCUT2D eigenvalue weighted by Crippen LogP contribution is -2.44. The van der Waals surface area contributed by atoms with Crippen molar-refractivity contribution >= 4 is 34.3 Å². The summed E-state index contributed by atoms with van der Waals surface area (Å²) in [6.07, 6.45) is 2.69. The first kappa shape index (κ1) is 14.0. The molecule has 2 atom stereocenters. The highest BCUT2D eigenvalue weighted by Gasteiger charge is 2.36. The number of fused-ring (bicyclic) bond motifs is 1. The van der Waals surface area contributed by atoms with E-state index < -0.39 is 0 Å². The van der Waals surface area contributed by atoms with Gasteiger partial charge in [0, 0.05) is 34.9 Å². The molecule has 4 nitrogen and oxygen atoms in total. The zero-order chi connectivity index (χ0) is 15.0. The maximum atomic E-state index is 12.0. The summed E-state index contributed by atoms with van der Waals surface area (Å²) in [6.45, 7) is 1.96. The number of pyridine rings is 1. The minimum absolute atomic E-state index is 0.147. The molecule has 108 valence electrons. The fourth-order valence-corrected chi connectivity index (χ4v) is 3.28. The van der Waals surface area contributed by atoms with Crippen LogP contribution in [0.4, 0.5) is 0 Å².